The van der Waals surface area contributed by atoms with Crippen molar-refractivity contribution in [3.05, 3.63) is 24.0 Å². The van der Waals surface area contributed by atoms with Gasteiger partial charge in [-0.3, -0.25) is 9.69 Å². The van der Waals surface area contributed by atoms with Gasteiger partial charge in [0.2, 0.25) is 5.91 Å². The van der Waals surface area contributed by atoms with Crippen LogP contribution in [0, 0.1) is 5.82 Å². The molecule has 0 aromatic heterocycles. The van der Waals surface area contributed by atoms with Crippen LogP contribution in [0.15, 0.2) is 18.2 Å². The minimum Gasteiger partial charge on any atom is -0.505 e. The summed E-state index contributed by atoms with van der Waals surface area (Å²) in [6.07, 6.45) is 0.696. The van der Waals surface area contributed by atoms with Crippen LogP contribution in [0.1, 0.15) is 33.6 Å². The van der Waals surface area contributed by atoms with Crippen molar-refractivity contribution < 1.29 is 23.8 Å². The Balaban J connectivity index is 2.05. The zero-order chi connectivity index (χ0) is 17.2. The number of rotatable bonds is 2. The summed E-state index contributed by atoms with van der Waals surface area (Å²) in [7, 11) is 0. The Morgan fingerprint density at radius 2 is 2.09 bits per heavy atom. The predicted octanol–water partition coefficient (Wildman–Crippen LogP) is 2.87. The van der Waals surface area contributed by atoms with Crippen molar-refractivity contribution in [1.82, 2.24) is 4.90 Å². The van der Waals surface area contributed by atoms with Crippen molar-refractivity contribution in [2.75, 3.05) is 11.9 Å². The molecule has 6 nitrogen and oxygen atoms in total. The number of aromatic hydroxyl groups is 1. The van der Waals surface area contributed by atoms with Crippen molar-refractivity contribution in [3.63, 3.8) is 0 Å². The summed E-state index contributed by atoms with van der Waals surface area (Å²) in [6, 6.07) is 2.89. The van der Waals surface area contributed by atoms with Crippen LogP contribution in [0.25, 0.3) is 0 Å². The number of hydrogen-bond donors (Lipinski definition) is 2. The van der Waals surface area contributed by atoms with Crippen molar-refractivity contribution in [1.29, 1.82) is 0 Å². The summed E-state index contributed by atoms with van der Waals surface area (Å²) < 4.78 is 18.3. The number of carbonyl (C=O) groups is 2. The smallest absolute Gasteiger partial charge is 0.410 e. The normalized spacial score (nSPS) is 17.9. The summed E-state index contributed by atoms with van der Waals surface area (Å²) in [5, 5.41) is 11.9. The van der Waals surface area contributed by atoms with Gasteiger partial charge in [-0.1, -0.05) is 0 Å². The maximum absolute atomic E-state index is 13.0. The first-order chi connectivity index (χ1) is 10.7. The van der Waals surface area contributed by atoms with E-state index in [1.807, 2.05) is 0 Å². The number of anilines is 1. The SMILES string of the molecule is CC(C)(C)OC(=O)N1CCC[C@H]1C(=O)Nc1ccc(F)c(O)c1. The van der Waals surface area contributed by atoms with Crippen LogP contribution in [0.4, 0.5) is 14.9 Å². The molecule has 1 aliphatic rings. The Kier molecular flexibility index (Phi) is 4.77. The van der Waals surface area contributed by atoms with Gasteiger partial charge in [0, 0.05) is 18.3 Å². The lowest BCUT2D eigenvalue weighted by molar-refractivity contribution is -0.120. The molecular weight excluding hydrogens is 303 g/mol. The number of phenolic OH excluding ortho intramolecular Hbond substituents is 1. The van der Waals surface area contributed by atoms with E-state index in [1.54, 1.807) is 20.8 Å². The number of amides is 2. The molecular formula is C16H21FN2O4. The third-order valence-corrected chi connectivity index (χ3v) is 3.40. The molecule has 1 saturated heterocycles. The third kappa shape index (κ3) is 4.34. The van der Waals surface area contributed by atoms with Gasteiger partial charge in [-0.05, 0) is 45.7 Å². The first-order valence-corrected chi connectivity index (χ1v) is 7.46. The van der Waals surface area contributed by atoms with E-state index >= 15 is 0 Å². The number of halogens is 1. The number of phenols is 1. The van der Waals surface area contributed by atoms with Gasteiger partial charge in [-0.15, -0.1) is 0 Å². The standard InChI is InChI=1S/C16H21FN2O4/c1-16(2,3)23-15(22)19-8-4-5-12(19)14(21)18-10-6-7-11(17)13(20)9-10/h6-7,9,12,20H,4-5,8H2,1-3H3,(H,18,21)/t12-/m0/s1. The lowest BCUT2D eigenvalue weighted by Gasteiger charge is -2.28. The average Bonchev–Trinajstić information content (AvgIpc) is 2.90. The average molecular weight is 324 g/mol. The highest BCUT2D eigenvalue weighted by molar-refractivity contribution is 5.97. The third-order valence-electron chi connectivity index (χ3n) is 3.40. The fourth-order valence-electron chi connectivity index (χ4n) is 2.39. The summed E-state index contributed by atoms with van der Waals surface area (Å²) in [6.45, 7) is 5.73. The van der Waals surface area contributed by atoms with E-state index in [2.05, 4.69) is 5.32 Å². The van der Waals surface area contributed by atoms with E-state index in [4.69, 9.17) is 4.74 Å². The summed E-state index contributed by atoms with van der Waals surface area (Å²) in [4.78, 5) is 25.9. The maximum Gasteiger partial charge on any atom is 0.410 e. The van der Waals surface area contributed by atoms with Crippen LogP contribution in [0.3, 0.4) is 0 Å². The number of nitrogens with zero attached hydrogens (tertiary/aromatic N) is 1. The van der Waals surface area contributed by atoms with Crippen molar-refractivity contribution in [2.45, 2.75) is 45.3 Å². The molecule has 2 amide bonds. The zero-order valence-corrected chi connectivity index (χ0v) is 13.4. The molecule has 1 atom stereocenters. The molecule has 2 rings (SSSR count). The van der Waals surface area contributed by atoms with E-state index < -0.39 is 29.3 Å². The van der Waals surface area contributed by atoms with Crippen LogP contribution >= 0.6 is 0 Å². The molecule has 1 heterocycles. The second-order valence-electron chi connectivity index (χ2n) is 6.49. The molecule has 0 spiro atoms. The second kappa shape index (κ2) is 6.44. The molecule has 0 bridgehead atoms. The summed E-state index contributed by atoms with van der Waals surface area (Å²) >= 11 is 0. The molecule has 0 radical (unpaired) electrons. The van der Waals surface area contributed by atoms with Gasteiger partial charge in [0.05, 0.1) is 0 Å². The molecule has 23 heavy (non-hydrogen) atoms. The lowest BCUT2D eigenvalue weighted by Crippen LogP contribution is -2.45. The van der Waals surface area contributed by atoms with Crippen LogP contribution in [-0.2, 0) is 9.53 Å². The van der Waals surface area contributed by atoms with E-state index in [0.717, 1.165) is 12.1 Å². The number of likely N-dealkylation sites (tertiary alicyclic amines) is 1. The minimum atomic E-state index is -0.765. The van der Waals surface area contributed by atoms with Gasteiger partial charge in [-0.2, -0.15) is 0 Å². The van der Waals surface area contributed by atoms with Crippen LogP contribution in [0.5, 0.6) is 5.75 Å². The minimum absolute atomic E-state index is 0.268. The molecule has 1 aromatic carbocycles. The molecule has 1 aliphatic heterocycles. The molecule has 2 N–H and O–H groups in total. The quantitative estimate of drug-likeness (QED) is 0.877. The highest BCUT2D eigenvalue weighted by atomic mass is 19.1. The number of nitrogens with one attached hydrogen (secondary N) is 1. The molecule has 1 fully saturated rings. The molecule has 7 heteroatoms. The van der Waals surface area contributed by atoms with E-state index in [0.29, 0.717) is 19.4 Å². The summed E-state index contributed by atoms with van der Waals surface area (Å²) in [5.41, 5.74) is -0.367. The van der Waals surface area contributed by atoms with Gasteiger partial charge in [0.15, 0.2) is 11.6 Å². The number of benzene rings is 1. The van der Waals surface area contributed by atoms with Gasteiger partial charge < -0.3 is 15.2 Å². The monoisotopic (exact) mass is 324 g/mol. The van der Waals surface area contributed by atoms with Crippen LogP contribution in [-0.4, -0.2) is 40.2 Å². The fraction of sp³-hybridized carbons (Fsp3) is 0.500. The molecule has 1 aromatic rings. The Bertz CT molecular complexity index is 613. The van der Waals surface area contributed by atoms with Crippen molar-refractivity contribution in [3.8, 4) is 5.75 Å². The first kappa shape index (κ1) is 17.1. The molecule has 0 aliphatic carbocycles. The fourth-order valence-corrected chi connectivity index (χ4v) is 2.39. The van der Waals surface area contributed by atoms with Crippen LogP contribution in [0.2, 0.25) is 0 Å². The first-order valence-electron chi connectivity index (χ1n) is 7.46. The maximum atomic E-state index is 13.0. The van der Waals surface area contributed by atoms with E-state index in [9.17, 15) is 19.1 Å². The second-order valence-corrected chi connectivity index (χ2v) is 6.49. The van der Waals surface area contributed by atoms with Crippen molar-refractivity contribution >= 4 is 17.7 Å². The number of hydrogen-bond acceptors (Lipinski definition) is 4. The Labute approximate surface area is 134 Å². The van der Waals surface area contributed by atoms with Gasteiger partial charge in [0.1, 0.15) is 11.6 Å². The van der Waals surface area contributed by atoms with Gasteiger partial charge in [0.25, 0.3) is 0 Å². The highest BCUT2D eigenvalue weighted by Crippen LogP contribution is 2.24. The predicted molar refractivity (Wildman–Crippen MR) is 82.7 cm³/mol. The number of carbonyl (C=O) groups excluding carboxylic acids is 2. The largest absolute Gasteiger partial charge is 0.505 e. The van der Waals surface area contributed by atoms with E-state index in [-0.39, 0.29) is 11.6 Å². The Morgan fingerprint density at radius 3 is 2.70 bits per heavy atom. The zero-order valence-electron chi connectivity index (χ0n) is 13.4. The van der Waals surface area contributed by atoms with Crippen molar-refractivity contribution in [2.24, 2.45) is 0 Å². The van der Waals surface area contributed by atoms with Gasteiger partial charge >= 0.3 is 6.09 Å². The summed E-state index contributed by atoms with van der Waals surface area (Å²) in [5.74, 6) is -1.70. The molecule has 0 saturated carbocycles. The highest BCUT2D eigenvalue weighted by Gasteiger charge is 2.36. The van der Waals surface area contributed by atoms with E-state index in [1.165, 1.54) is 11.0 Å². The lowest BCUT2D eigenvalue weighted by atomic mass is 10.2. The Morgan fingerprint density at radius 1 is 1.39 bits per heavy atom. The molecule has 0 unspecified atom stereocenters. The van der Waals surface area contributed by atoms with Crippen LogP contribution < -0.4 is 5.32 Å². The van der Waals surface area contributed by atoms with Gasteiger partial charge in [-0.25, -0.2) is 9.18 Å². The Hall–Kier alpha value is -2.31. The topological polar surface area (TPSA) is 78.9 Å². The molecule has 126 valence electrons. The number of ether oxygens (including phenoxy) is 1.